The number of ether oxygens (including phenoxy) is 1. The van der Waals surface area contributed by atoms with E-state index >= 15 is 0 Å². The van der Waals surface area contributed by atoms with Gasteiger partial charge in [-0.05, 0) is 54.5 Å². The lowest BCUT2D eigenvalue weighted by atomic mass is 10.1. The van der Waals surface area contributed by atoms with E-state index in [9.17, 15) is 9.59 Å². The minimum absolute atomic E-state index is 0.177. The number of benzene rings is 3. The molecular weight excluding hydrogens is 464 g/mol. The molecular formula is C30H28N4O3. The summed E-state index contributed by atoms with van der Waals surface area (Å²) in [6, 6.07) is 22.8. The molecule has 0 radical (unpaired) electrons. The Morgan fingerprint density at radius 2 is 1.70 bits per heavy atom. The van der Waals surface area contributed by atoms with Gasteiger partial charge in [-0.15, -0.1) is 0 Å². The zero-order chi connectivity index (χ0) is 25.8. The van der Waals surface area contributed by atoms with E-state index in [0.29, 0.717) is 24.3 Å². The van der Waals surface area contributed by atoms with Crippen LogP contribution in [0.15, 0.2) is 90.9 Å². The number of fused-ring (bicyclic) bond motifs is 2. The van der Waals surface area contributed by atoms with Gasteiger partial charge in [0.25, 0.3) is 11.8 Å². The number of rotatable bonds is 8. The summed E-state index contributed by atoms with van der Waals surface area (Å²) >= 11 is 0. The first-order valence-corrected chi connectivity index (χ1v) is 12.1. The number of para-hydroxylation sites is 2. The minimum atomic E-state index is -0.374. The smallest absolute Gasteiger partial charge is 0.267 e. The number of amides is 2. The number of hydrogen-bond donors (Lipinski definition) is 3. The molecule has 0 saturated heterocycles. The van der Waals surface area contributed by atoms with Crippen LogP contribution in [0.5, 0.6) is 5.75 Å². The highest BCUT2D eigenvalue weighted by molar-refractivity contribution is 6.06. The Balaban J connectivity index is 1.39. The maximum absolute atomic E-state index is 13.3. The first-order chi connectivity index (χ1) is 18.0. The van der Waals surface area contributed by atoms with Crippen molar-refractivity contribution in [1.82, 2.24) is 20.2 Å². The Morgan fingerprint density at radius 3 is 2.49 bits per heavy atom. The van der Waals surface area contributed by atoms with Crippen molar-refractivity contribution < 1.29 is 14.3 Å². The summed E-state index contributed by atoms with van der Waals surface area (Å²) in [6.45, 7) is 0.423. The summed E-state index contributed by atoms with van der Waals surface area (Å²) in [5.41, 5.74) is 4.67. The molecule has 0 aliphatic carbocycles. The molecule has 0 unspecified atom stereocenters. The number of aromatic amines is 1. The molecule has 186 valence electrons. The van der Waals surface area contributed by atoms with Crippen LogP contribution >= 0.6 is 0 Å². The second kappa shape index (κ2) is 10.5. The van der Waals surface area contributed by atoms with E-state index in [1.54, 1.807) is 37.5 Å². The van der Waals surface area contributed by atoms with Gasteiger partial charge in [0.15, 0.2) is 0 Å². The van der Waals surface area contributed by atoms with E-state index in [4.69, 9.17) is 4.74 Å². The van der Waals surface area contributed by atoms with Crippen LogP contribution in [0, 0.1) is 0 Å². The van der Waals surface area contributed by atoms with Crippen molar-refractivity contribution in [2.24, 2.45) is 7.05 Å². The predicted molar refractivity (Wildman–Crippen MR) is 146 cm³/mol. The van der Waals surface area contributed by atoms with Crippen molar-refractivity contribution in [2.75, 3.05) is 13.7 Å². The third-order valence-corrected chi connectivity index (χ3v) is 6.43. The predicted octanol–water partition coefficient (Wildman–Crippen LogP) is 4.80. The molecule has 0 aliphatic heterocycles. The molecule has 5 rings (SSSR count). The number of H-pyrrole nitrogens is 1. The molecule has 0 fully saturated rings. The number of nitrogens with zero attached hydrogens (tertiary/aromatic N) is 1. The van der Waals surface area contributed by atoms with Gasteiger partial charge in [0.1, 0.15) is 11.4 Å². The van der Waals surface area contributed by atoms with Gasteiger partial charge >= 0.3 is 0 Å². The number of aromatic nitrogens is 2. The fraction of sp³-hybridized carbons (Fsp3) is 0.133. The number of methoxy groups -OCH3 is 1. The highest BCUT2D eigenvalue weighted by atomic mass is 16.5. The summed E-state index contributed by atoms with van der Waals surface area (Å²) in [7, 11) is 3.53. The van der Waals surface area contributed by atoms with E-state index in [-0.39, 0.29) is 17.5 Å². The number of nitrogens with one attached hydrogen (secondary N) is 3. The Kier molecular flexibility index (Phi) is 6.76. The summed E-state index contributed by atoms with van der Waals surface area (Å²) in [5.74, 6) is -0.0753. The second-order valence-electron chi connectivity index (χ2n) is 8.82. The van der Waals surface area contributed by atoms with Gasteiger partial charge in [0.2, 0.25) is 0 Å². The van der Waals surface area contributed by atoms with Crippen LogP contribution in [0.3, 0.4) is 0 Å². The van der Waals surface area contributed by atoms with Crippen LogP contribution in [0.1, 0.15) is 21.5 Å². The van der Waals surface area contributed by atoms with E-state index in [2.05, 4.69) is 21.7 Å². The largest absolute Gasteiger partial charge is 0.497 e. The third-order valence-electron chi connectivity index (χ3n) is 6.43. The van der Waals surface area contributed by atoms with Gasteiger partial charge in [0.05, 0.1) is 7.11 Å². The quantitative estimate of drug-likeness (QED) is 0.272. The van der Waals surface area contributed by atoms with Crippen LogP contribution in [0.25, 0.3) is 27.9 Å². The van der Waals surface area contributed by atoms with Crippen LogP contribution in [-0.2, 0) is 18.3 Å². The monoisotopic (exact) mass is 492 g/mol. The Labute approximate surface area is 214 Å². The molecule has 0 bridgehead atoms. The Hall–Kier alpha value is -4.78. The second-order valence-corrected chi connectivity index (χ2v) is 8.82. The van der Waals surface area contributed by atoms with Crippen molar-refractivity contribution in [3.63, 3.8) is 0 Å². The molecule has 3 N–H and O–H groups in total. The summed E-state index contributed by atoms with van der Waals surface area (Å²) in [4.78, 5) is 29.6. The lowest BCUT2D eigenvalue weighted by Gasteiger charge is -2.11. The van der Waals surface area contributed by atoms with Gasteiger partial charge < -0.3 is 24.9 Å². The zero-order valence-electron chi connectivity index (χ0n) is 20.7. The fourth-order valence-electron chi connectivity index (χ4n) is 4.48. The average Bonchev–Trinajstić information content (AvgIpc) is 3.49. The number of hydrogen-bond acceptors (Lipinski definition) is 3. The number of carbonyl (C=O) groups excluding carboxylic acids is 2. The molecule has 2 heterocycles. The van der Waals surface area contributed by atoms with Gasteiger partial charge in [0, 0.05) is 58.9 Å². The van der Waals surface area contributed by atoms with Gasteiger partial charge in [-0.3, -0.25) is 9.59 Å². The van der Waals surface area contributed by atoms with Gasteiger partial charge in [-0.2, -0.15) is 0 Å². The summed E-state index contributed by atoms with van der Waals surface area (Å²) in [5, 5.41) is 7.92. The summed E-state index contributed by atoms with van der Waals surface area (Å²) < 4.78 is 7.18. The molecule has 0 saturated carbocycles. The average molecular weight is 493 g/mol. The highest BCUT2D eigenvalue weighted by Crippen LogP contribution is 2.23. The van der Waals surface area contributed by atoms with Crippen molar-refractivity contribution >= 4 is 39.7 Å². The van der Waals surface area contributed by atoms with E-state index in [1.807, 2.05) is 66.5 Å². The first kappa shape index (κ1) is 23.9. The molecule has 37 heavy (non-hydrogen) atoms. The van der Waals surface area contributed by atoms with Crippen molar-refractivity contribution in [3.8, 4) is 5.75 Å². The number of carbonyl (C=O) groups is 2. The Bertz CT molecular complexity index is 1610. The summed E-state index contributed by atoms with van der Waals surface area (Å²) in [6.07, 6.45) is 6.30. The van der Waals surface area contributed by atoms with Gasteiger partial charge in [-0.1, -0.05) is 36.4 Å². The van der Waals surface area contributed by atoms with E-state index in [1.165, 1.54) is 0 Å². The Morgan fingerprint density at radius 1 is 0.973 bits per heavy atom. The van der Waals surface area contributed by atoms with Crippen molar-refractivity contribution in [1.29, 1.82) is 0 Å². The van der Waals surface area contributed by atoms with Crippen LogP contribution < -0.4 is 15.4 Å². The van der Waals surface area contributed by atoms with Crippen LogP contribution in [0.4, 0.5) is 0 Å². The lowest BCUT2D eigenvalue weighted by molar-refractivity contribution is -0.117. The third kappa shape index (κ3) is 5.11. The molecule has 5 aromatic rings. The molecule has 3 aromatic carbocycles. The molecule has 2 amide bonds. The van der Waals surface area contributed by atoms with Crippen LogP contribution in [-0.4, -0.2) is 35.0 Å². The molecule has 0 spiro atoms. The molecule has 0 aliphatic rings. The molecule has 0 atom stereocenters. The van der Waals surface area contributed by atoms with Crippen molar-refractivity contribution in [3.05, 3.63) is 108 Å². The molecule has 2 aromatic heterocycles. The van der Waals surface area contributed by atoms with E-state index < -0.39 is 0 Å². The maximum atomic E-state index is 13.3. The number of aryl methyl sites for hydroxylation is 1. The molecule has 7 heteroatoms. The minimum Gasteiger partial charge on any atom is -0.497 e. The SMILES string of the molecule is COc1ccc(C(=O)N/C(=C/c2cn(C)c3ccccc23)C(=O)NCCc2c[nH]c3ccccc23)cc1. The van der Waals surface area contributed by atoms with Crippen molar-refractivity contribution in [2.45, 2.75) is 6.42 Å². The van der Waals surface area contributed by atoms with Crippen LogP contribution in [0.2, 0.25) is 0 Å². The standard InChI is InChI=1S/C30H28N4O3/c1-34-19-22(25-8-4-6-10-28(25)34)17-27(33-29(35)20-11-13-23(37-2)14-12-20)30(36)31-16-15-21-18-32-26-9-5-3-7-24(21)26/h3-14,17-19,32H,15-16H2,1-2H3,(H,31,36)(H,33,35)/b27-17+. The lowest BCUT2D eigenvalue weighted by Crippen LogP contribution is -2.35. The normalized spacial score (nSPS) is 11.6. The van der Waals surface area contributed by atoms with Gasteiger partial charge in [-0.25, -0.2) is 0 Å². The first-order valence-electron chi connectivity index (χ1n) is 12.1. The zero-order valence-corrected chi connectivity index (χ0v) is 20.7. The highest BCUT2D eigenvalue weighted by Gasteiger charge is 2.16. The topological polar surface area (TPSA) is 88.2 Å². The fourth-order valence-corrected chi connectivity index (χ4v) is 4.48. The molecule has 7 nitrogen and oxygen atoms in total. The maximum Gasteiger partial charge on any atom is 0.267 e. The van der Waals surface area contributed by atoms with E-state index in [0.717, 1.165) is 32.9 Å².